The Balaban J connectivity index is 1.83. The third-order valence-corrected chi connectivity index (χ3v) is 3.98. The zero-order chi connectivity index (χ0) is 17.8. The predicted molar refractivity (Wildman–Crippen MR) is 107 cm³/mol. The van der Waals surface area contributed by atoms with Crippen LogP contribution in [0.25, 0.3) is 12.2 Å². The number of anilines is 3. The van der Waals surface area contributed by atoms with Crippen molar-refractivity contribution in [2.75, 3.05) is 16.0 Å². The topological polar surface area (TPSA) is 53.2 Å². The van der Waals surface area contributed by atoms with Gasteiger partial charge in [0.25, 0.3) is 0 Å². The molecule has 1 amide bonds. The summed E-state index contributed by atoms with van der Waals surface area (Å²) >= 11 is 0. The van der Waals surface area contributed by atoms with Crippen LogP contribution in [-0.2, 0) is 4.79 Å². The van der Waals surface area contributed by atoms with Gasteiger partial charge in [0, 0.05) is 23.8 Å². The minimum absolute atomic E-state index is 0.0421. The number of hydrogen-bond donors (Lipinski definition) is 3. The first-order chi connectivity index (χ1) is 12.0. The smallest absolute Gasteiger partial charge is 0.226 e. The van der Waals surface area contributed by atoms with E-state index in [1.807, 2.05) is 44.2 Å². The number of hydrogen-bond acceptors (Lipinski definition) is 3. The number of rotatable bonds is 4. The van der Waals surface area contributed by atoms with Gasteiger partial charge in [0.05, 0.1) is 11.4 Å². The highest BCUT2D eigenvalue weighted by atomic mass is 16.1. The molecule has 4 heteroatoms. The van der Waals surface area contributed by atoms with Crippen molar-refractivity contribution >= 4 is 35.1 Å². The molecule has 0 spiro atoms. The van der Waals surface area contributed by atoms with E-state index in [0.29, 0.717) is 6.42 Å². The summed E-state index contributed by atoms with van der Waals surface area (Å²) in [5, 5.41) is 9.59. The van der Waals surface area contributed by atoms with Gasteiger partial charge in [-0.3, -0.25) is 4.79 Å². The molecule has 0 bridgehead atoms. The van der Waals surface area contributed by atoms with Crippen LogP contribution in [0.2, 0.25) is 0 Å². The predicted octanol–water partition coefficient (Wildman–Crippen LogP) is 4.95. The van der Waals surface area contributed by atoms with E-state index < -0.39 is 0 Å². The molecule has 0 aliphatic carbocycles. The van der Waals surface area contributed by atoms with Crippen LogP contribution in [0.4, 0.5) is 17.1 Å². The van der Waals surface area contributed by atoms with E-state index in [4.69, 9.17) is 0 Å². The van der Waals surface area contributed by atoms with Gasteiger partial charge in [-0.2, -0.15) is 0 Å². The first-order valence-electron chi connectivity index (χ1n) is 8.41. The van der Waals surface area contributed by atoms with E-state index in [0.717, 1.165) is 33.9 Å². The van der Waals surface area contributed by atoms with E-state index in [2.05, 4.69) is 46.8 Å². The molecule has 128 valence electrons. The van der Waals surface area contributed by atoms with E-state index >= 15 is 0 Å². The van der Waals surface area contributed by atoms with Gasteiger partial charge < -0.3 is 16.0 Å². The quantitative estimate of drug-likeness (QED) is 0.694. The number of carbonyl (C=O) groups is 1. The van der Waals surface area contributed by atoms with Crippen LogP contribution in [0.15, 0.2) is 54.7 Å². The molecule has 0 aromatic heterocycles. The molecule has 1 aliphatic heterocycles. The Labute approximate surface area is 148 Å². The summed E-state index contributed by atoms with van der Waals surface area (Å²) < 4.78 is 0. The maximum atomic E-state index is 11.9. The lowest BCUT2D eigenvalue weighted by molar-refractivity contribution is -0.116. The monoisotopic (exact) mass is 333 g/mol. The van der Waals surface area contributed by atoms with E-state index in [1.54, 1.807) is 0 Å². The second kappa shape index (κ2) is 7.26. The molecule has 25 heavy (non-hydrogen) atoms. The number of benzene rings is 2. The highest BCUT2D eigenvalue weighted by Crippen LogP contribution is 2.31. The molecule has 0 fully saturated rings. The van der Waals surface area contributed by atoms with Gasteiger partial charge in [0.15, 0.2) is 0 Å². The lowest BCUT2D eigenvalue weighted by Crippen LogP contribution is -2.19. The molecular weight excluding hydrogens is 310 g/mol. The number of para-hydroxylation sites is 1. The number of amides is 1. The molecule has 0 saturated carbocycles. The molecule has 2 aromatic rings. The Morgan fingerprint density at radius 2 is 1.96 bits per heavy atom. The summed E-state index contributed by atoms with van der Waals surface area (Å²) in [6.45, 7) is 7.80. The molecule has 3 rings (SSSR count). The summed E-state index contributed by atoms with van der Waals surface area (Å²) in [5.74, 6) is 0.0421. The number of allylic oxidation sites excluding steroid dienone is 1. The molecule has 0 radical (unpaired) electrons. The number of fused-ring (bicyclic) bond motifs is 1. The van der Waals surface area contributed by atoms with Crippen molar-refractivity contribution in [3.05, 3.63) is 65.9 Å². The number of carbonyl (C=O) groups excluding carboxylic acids is 1. The fourth-order valence-electron chi connectivity index (χ4n) is 2.86. The Hall–Kier alpha value is -3.01. The summed E-state index contributed by atoms with van der Waals surface area (Å²) in [5.41, 5.74) is 5.90. The standard InChI is InChI=1S/C21H23N3O/c1-14(2)22-18-11-8-16(9-12-18)7-10-17-5-4-6-19-21(17)23-15(3)13-20(25)24-19/h4-12,15,22-23H,1,13H2,2-3H3,(H,24,25)/b10-7+/t15-/m1/s1. The summed E-state index contributed by atoms with van der Waals surface area (Å²) in [6.07, 6.45) is 4.60. The SMILES string of the molecule is C=C(C)Nc1ccc(/C=C/c2cccc3c2N[C@H](C)CC(=O)N3)cc1. The Morgan fingerprint density at radius 1 is 1.20 bits per heavy atom. The molecule has 0 unspecified atom stereocenters. The van der Waals surface area contributed by atoms with E-state index in [-0.39, 0.29) is 11.9 Å². The molecule has 1 aliphatic rings. The second-order valence-corrected chi connectivity index (χ2v) is 6.43. The lowest BCUT2D eigenvalue weighted by Gasteiger charge is -2.14. The summed E-state index contributed by atoms with van der Waals surface area (Å²) in [6, 6.07) is 14.2. The average Bonchev–Trinajstić information content (AvgIpc) is 2.70. The molecule has 4 nitrogen and oxygen atoms in total. The average molecular weight is 333 g/mol. The Morgan fingerprint density at radius 3 is 2.68 bits per heavy atom. The van der Waals surface area contributed by atoms with Crippen LogP contribution in [0.5, 0.6) is 0 Å². The van der Waals surface area contributed by atoms with Crippen LogP contribution in [-0.4, -0.2) is 11.9 Å². The van der Waals surface area contributed by atoms with Crippen molar-refractivity contribution in [3.63, 3.8) is 0 Å². The Kier molecular flexibility index (Phi) is 4.89. The molecule has 1 atom stereocenters. The van der Waals surface area contributed by atoms with Crippen molar-refractivity contribution in [2.24, 2.45) is 0 Å². The first kappa shape index (κ1) is 16.8. The van der Waals surface area contributed by atoms with Gasteiger partial charge in [-0.25, -0.2) is 0 Å². The fraction of sp³-hybridized carbons (Fsp3) is 0.190. The van der Waals surface area contributed by atoms with Crippen LogP contribution < -0.4 is 16.0 Å². The van der Waals surface area contributed by atoms with Crippen molar-refractivity contribution < 1.29 is 4.79 Å². The summed E-state index contributed by atoms with van der Waals surface area (Å²) in [4.78, 5) is 11.9. The third-order valence-electron chi connectivity index (χ3n) is 3.98. The number of nitrogens with one attached hydrogen (secondary N) is 3. The first-order valence-corrected chi connectivity index (χ1v) is 8.41. The minimum Gasteiger partial charge on any atom is -0.380 e. The van der Waals surface area contributed by atoms with Gasteiger partial charge in [-0.15, -0.1) is 0 Å². The van der Waals surface area contributed by atoms with E-state index in [9.17, 15) is 4.79 Å². The van der Waals surface area contributed by atoms with Crippen LogP contribution in [0, 0.1) is 0 Å². The van der Waals surface area contributed by atoms with Crippen LogP contribution in [0.3, 0.4) is 0 Å². The van der Waals surface area contributed by atoms with Crippen molar-refractivity contribution in [1.29, 1.82) is 0 Å². The van der Waals surface area contributed by atoms with Crippen molar-refractivity contribution in [3.8, 4) is 0 Å². The van der Waals surface area contributed by atoms with Crippen LogP contribution >= 0.6 is 0 Å². The minimum atomic E-state index is 0.0421. The van der Waals surface area contributed by atoms with Gasteiger partial charge in [-0.1, -0.05) is 43.0 Å². The third kappa shape index (κ3) is 4.29. The molecular formula is C21H23N3O. The molecule has 0 saturated heterocycles. The lowest BCUT2D eigenvalue weighted by atomic mass is 10.1. The second-order valence-electron chi connectivity index (χ2n) is 6.43. The fourth-order valence-corrected chi connectivity index (χ4v) is 2.86. The van der Waals surface area contributed by atoms with Gasteiger partial charge >= 0.3 is 0 Å². The maximum Gasteiger partial charge on any atom is 0.226 e. The van der Waals surface area contributed by atoms with Gasteiger partial charge in [-0.05, 0) is 43.2 Å². The van der Waals surface area contributed by atoms with Gasteiger partial charge in [0.1, 0.15) is 0 Å². The largest absolute Gasteiger partial charge is 0.380 e. The van der Waals surface area contributed by atoms with Gasteiger partial charge in [0.2, 0.25) is 5.91 Å². The molecule has 3 N–H and O–H groups in total. The zero-order valence-electron chi connectivity index (χ0n) is 14.6. The normalized spacial score (nSPS) is 16.6. The Bertz CT molecular complexity index is 822. The molecule has 1 heterocycles. The van der Waals surface area contributed by atoms with Crippen molar-refractivity contribution in [1.82, 2.24) is 0 Å². The zero-order valence-corrected chi connectivity index (χ0v) is 14.6. The van der Waals surface area contributed by atoms with E-state index in [1.165, 1.54) is 0 Å². The van der Waals surface area contributed by atoms with Crippen LogP contribution in [0.1, 0.15) is 31.4 Å². The molecule has 2 aromatic carbocycles. The summed E-state index contributed by atoms with van der Waals surface area (Å²) in [7, 11) is 0. The highest BCUT2D eigenvalue weighted by Gasteiger charge is 2.18. The van der Waals surface area contributed by atoms with Crippen molar-refractivity contribution in [2.45, 2.75) is 26.3 Å². The highest BCUT2D eigenvalue weighted by molar-refractivity contribution is 5.98. The maximum absolute atomic E-state index is 11.9.